The van der Waals surface area contributed by atoms with Crippen molar-refractivity contribution in [3.8, 4) is 22.6 Å². The maximum Gasteiger partial charge on any atom is 0.338 e. The van der Waals surface area contributed by atoms with E-state index in [9.17, 15) is 14.0 Å². The van der Waals surface area contributed by atoms with Gasteiger partial charge in [-0.1, -0.05) is 37.4 Å². The van der Waals surface area contributed by atoms with Gasteiger partial charge in [-0.2, -0.15) is 0 Å². The number of benzene rings is 3. The number of rotatable bonds is 10. The van der Waals surface area contributed by atoms with E-state index in [2.05, 4.69) is 13.2 Å². The number of ether oxygens (including phenoxy) is 4. The second-order valence-electron chi connectivity index (χ2n) is 9.55. The monoisotopic (exact) mass is 544 g/mol. The van der Waals surface area contributed by atoms with Gasteiger partial charge in [0.1, 0.15) is 29.6 Å². The lowest BCUT2D eigenvalue weighted by atomic mass is 10.0. The first kappa shape index (κ1) is 29.9. The van der Waals surface area contributed by atoms with Crippen molar-refractivity contribution in [2.24, 2.45) is 0 Å². The lowest BCUT2D eigenvalue weighted by molar-refractivity contribution is -0.138. The molecule has 0 aliphatic heterocycles. The number of hydrogen-bond donors (Lipinski definition) is 0. The third-order valence-corrected chi connectivity index (χ3v) is 6.07. The van der Waals surface area contributed by atoms with Crippen molar-refractivity contribution in [1.29, 1.82) is 0 Å². The molecule has 0 N–H and O–H groups in total. The Morgan fingerprint density at radius 1 is 0.700 bits per heavy atom. The Morgan fingerprint density at radius 2 is 1.30 bits per heavy atom. The van der Waals surface area contributed by atoms with Gasteiger partial charge in [-0.25, -0.2) is 14.0 Å². The fourth-order valence-electron chi connectivity index (χ4n) is 3.43. The van der Waals surface area contributed by atoms with Crippen LogP contribution in [0.5, 0.6) is 11.5 Å². The Balaban J connectivity index is 1.75. The van der Waals surface area contributed by atoms with Gasteiger partial charge in [0.2, 0.25) is 0 Å². The van der Waals surface area contributed by atoms with Crippen LogP contribution in [0.2, 0.25) is 0 Å². The van der Waals surface area contributed by atoms with Crippen LogP contribution in [0.4, 0.5) is 4.39 Å². The number of carbonyl (C=O) groups is 2. The lowest BCUT2D eigenvalue weighted by Gasteiger charge is -2.13. The summed E-state index contributed by atoms with van der Waals surface area (Å²) >= 11 is 0. The highest BCUT2D eigenvalue weighted by atomic mass is 19.1. The summed E-state index contributed by atoms with van der Waals surface area (Å²) in [7, 11) is 0. The first-order valence-corrected chi connectivity index (χ1v) is 12.6. The van der Waals surface area contributed by atoms with E-state index in [0.717, 1.165) is 21.9 Å². The van der Waals surface area contributed by atoms with Gasteiger partial charge in [-0.15, -0.1) is 0 Å². The summed E-state index contributed by atoms with van der Waals surface area (Å²) in [6, 6.07) is 16.2. The van der Waals surface area contributed by atoms with Crippen LogP contribution in [0, 0.1) is 5.82 Å². The van der Waals surface area contributed by atoms with E-state index in [1.54, 1.807) is 26.8 Å². The maximum atomic E-state index is 14.9. The van der Waals surface area contributed by atoms with Crippen LogP contribution in [0.25, 0.3) is 21.9 Å². The first-order valence-electron chi connectivity index (χ1n) is 12.6. The molecule has 0 radical (unpaired) electrons. The minimum atomic E-state index is -0.574. The molecule has 3 aromatic carbocycles. The van der Waals surface area contributed by atoms with E-state index in [0.29, 0.717) is 22.6 Å². The van der Waals surface area contributed by atoms with E-state index in [1.165, 1.54) is 19.1 Å². The average molecular weight is 545 g/mol. The summed E-state index contributed by atoms with van der Waals surface area (Å²) in [5.74, 6) is 0.212. The standard InChI is InChI=1S/C33H33FO6/c1-19(2)32(35)37-18-21(5)22(6)38-29-13-11-26-15-25(9-10-27(26)16-29)28-12-14-31(30(34)17-28)39-23(7)24(8)40-33(36)20(3)4/h9-17H,1,3,18H2,2,4-8H3/b22-21+,24-23+. The minimum Gasteiger partial charge on any atom is -0.462 e. The number of fused-ring (bicyclic) bond motifs is 1. The van der Waals surface area contributed by atoms with Crippen molar-refractivity contribution in [3.63, 3.8) is 0 Å². The van der Waals surface area contributed by atoms with Gasteiger partial charge in [0.25, 0.3) is 0 Å². The highest BCUT2D eigenvalue weighted by molar-refractivity contribution is 5.89. The van der Waals surface area contributed by atoms with Crippen molar-refractivity contribution < 1.29 is 32.9 Å². The Kier molecular flexibility index (Phi) is 9.67. The molecule has 40 heavy (non-hydrogen) atoms. The number of hydrogen-bond acceptors (Lipinski definition) is 6. The summed E-state index contributed by atoms with van der Waals surface area (Å²) < 4.78 is 36.8. The Hall–Kier alpha value is -4.65. The molecule has 7 heteroatoms. The highest BCUT2D eigenvalue weighted by Gasteiger charge is 2.13. The topological polar surface area (TPSA) is 71.1 Å². The molecule has 0 amide bonds. The van der Waals surface area contributed by atoms with Crippen LogP contribution >= 0.6 is 0 Å². The summed E-state index contributed by atoms with van der Waals surface area (Å²) in [6.07, 6.45) is 0. The molecule has 6 nitrogen and oxygen atoms in total. The Bertz CT molecular complexity index is 1560. The largest absolute Gasteiger partial charge is 0.462 e. The van der Waals surface area contributed by atoms with Gasteiger partial charge >= 0.3 is 11.9 Å². The zero-order valence-corrected chi connectivity index (χ0v) is 23.6. The molecule has 0 fully saturated rings. The van der Waals surface area contributed by atoms with Crippen LogP contribution in [0.1, 0.15) is 41.5 Å². The summed E-state index contributed by atoms with van der Waals surface area (Å²) in [6.45, 7) is 17.2. The van der Waals surface area contributed by atoms with Crippen molar-refractivity contribution in [3.05, 3.63) is 108 Å². The fourth-order valence-corrected chi connectivity index (χ4v) is 3.43. The molecule has 0 saturated heterocycles. The van der Waals surface area contributed by atoms with Gasteiger partial charge < -0.3 is 18.9 Å². The zero-order valence-electron chi connectivity index (χ0n) is 23.6. The van der Waals surface area contributed by atoms with Crippen LogP contribution in [0.15, 0.2) is 102 Å². The fraction of sp³-hybridized carbons (Fsp3) is 0.212. The SMILES string of the molecule is C=C(C)C(=O)OC/C(C)=C(\C)Oc1ccc2cc(-c3ccc(O/C(C)=C(\C)OC(=O)C(=C)C)c(F)c3)ccc2c1. The van der Waals surface area contributed by atoms with E-state index in [1.807, 2.05) is 50.2 Å². The predicted octanol–water partition coefficient (Wildman–Crippen LogP) is 8.19. The summed E-state index contributed by atoms with van der Waals surface area (Å²) in [5.41, 5.74) is 2.89. The smallest absolute Gasteiger partial charge is 0.338 e. The van der Waals surface area contributed by atoms with Crippen molar-refractivity contribution in [1.82, 2.24) is 0 Å². The quantitative estimate of drug-likeness (QED) is 0.146. The van der Waals surface area contributed by atoms with Crippen LogP contribution in [0.3, 0.4) is 0 Å². The van der Waals surface area contributed by atoms with Crippen LogP contribution in [-0.2, 0) is 19.1 Å². The molecule has 0 aromatic heterocycles. The second kappa shape index (κ2) is 12.9. The summed E-state index contributed by atoms with van der Waals surface area (Å²) in [4.78, 5) is 23.3. The molecular formula is C33H33FO6. The Labute approximate surface area is 234 Å². The van der Waals surface area contributed by atoms with Gasteiger partial charge in [0.15, 0.2) is 11.6 Å². The predicted molar refractivity (Wildman–Crippen MR) is 154 cm³/mol. The molecule has 0 bridgehead atoms. The molecule has 0 spiro atoms. The minimum absolute atomic E-state index is 0.0164. The second-order valence-corrected chi connectivity index (χ2v) is 9.55. The van der Waals surface area contributed by atoms with Gasteiger partial charge in [0, 0.05) is 16.7 Å². The van der Waals surface area contributed by atoms with Crippen molar-refractivity contribution in [2.75, 3.05) is 6.61 Å². The average Bonchev–Trinajstić information content (AvgIpc) is 2.91. The maximum absolute atomic E-state index is 14.9. The molecule has 0 saturated carbocycles. The van der Waals surface area contributed by atoms with Crippen LogP contribution < -0.4 is 9.47 Å². The van der Waals surface area contributed by atoms with E-state index >= 15 is 0 Å². The molecule has 208 valence electrons. The van der Waals surface area contributed by atoms with E-state index < -0.39 is 17.8 Å². The normalized spacial score (nSPS) is 12.2. The molecule has 3 rings (SSSR count). The number of carbonyl (C=O) groups excluding carboxylic acids is 2. The van der Waals surface area contributed by atoms with E-state index in [-0.39, 0.29) is 29.4 Å². The molecular weight excluding hydrogens is 511 g/mol. The van der Waals surface area contributed by atoms with Gasteiger partial charge in [-0.3, -0.25) is 0 Å². The van der Waals surface area contributed by atoms with Gasteiger partial charge in [0.05, 0.1) is 0 Å². The highest BCUT2D eigenvalue weighted by Crippen LogP contribution is 2.31. The number of halogens is 1. The number of allylic oxidation sites excluding steroid dienone is 3. The van der Waals surface area contributed by atoms with Crippen molar-refractivity contribution >= 4 is 22.7 Å². The third-order valence-electron chi connectivity index (χ3n) is 6.07. The lowest BCUT2D eigenvalue weighted by Crippen LogP contribution is -2.09. The molecule has 0 aliphatic rings. The first-order chi connectivity index (χ1) is 18.8. The zero-order chi connectivity index (χ0) is 29.6. The summed E-state index contributed by atoms with van der Waals surface area (Å²) in [5, 5.41) is 1.90. The molecule has 0 atom stereocenters. The molecule has 3 aromatic rings. The van der Waals surface area contributed by atoms with Crippen LogP contribution in [-0.4, -0.2) is 18.5 Å². The van der Waals surface area contributed by atoms with E-state index in [4.69, 9.17) is 18.9 Å². The molecule has 0 heterocycles. The Morgan fingerprint density at radius 3 is 1.95 bits per heavy atom. The van der Waals surface area contributed by atoms with Crippen molar-refractivity contribution in [2.45, 2.75) is 41.5 Å². The third kappa shape index (κ3) is 7.69. The van der Waals surface area contributed by atoms with Gasteiger partial charge in [-0.05, 0) is 93.8 Å². The number of esters is 2. The molecule has 0 unspecified atom stereocenters. The molecule has 0 aliphatic carbocycles.